The van der Waals surface area contributed by atoms with Crippen LogP contribution in [0.15, 0.2) is 77.8 Å². The lowest BCUT2D eigenvalue weighted by molar-refractivity contribution is -0.252. The lowest BCUT2D eigenvalue weighted by Crippen LogP contribution is -2.55. The second-order valence-electron chi connectivity index (χ2n) is 14.8. The molecular weight excluding hydrogens is 790 g/mol. The number of alkyl halides is 3. The Morgan fingerprint density at radius 2 is 1.48 bits per heavy atom. The molecule has 17 heteroatoms. The fraction of sp³-hybridized carbons (Fsp3) is 0.488. The molecule has 3 atom stereocenters. The van der Waals surface area contributed by atoms with Gasteiger partial charge in [-0.3, -0.25) is 9.78 Å². The number of rotatable bonds is 19. The van der Waals surface area contributed by atoms with E-state index in [0.717, 1.165) is 26.7 Å². The quantitative estimate of drug-likeness (QED) is 0.0879. The van der Waals surface area contributed by atoms with E-state index < -0.39 is 30.4 Å². The van der Waals surface area contributed by atoms with Gasteiger partial charge in [0.2, 0.25) is 5.91 Å². The van der Waals surface area contributed by atoms with Crippen LogP contribution in [0, 0.1) is 0 Å². The number of carbonyl (C=O) groups is 3. The zero-order valence-electron chi connectivity index (χ0n) is 33.1. The Morgan fingerprint density at radius 3 is 2.03 bits per heavy atom. The fourth-order valence-corrected chi connectivity index (χ4v) is 7.98. The number of alkyl carbamates (subject to hydrolysis) is 1. The second kappa shape index (κ2) is 22.0. The summed E-state index contributed by atoms with van der Waals surface area (Å²) in [5, 5.41) is 12.0. The number of thiazole rings is 2. The van der Waals surface area contributed by atoms with Gasteiger partial charge in [0.25, 0.3) is 0 Å². The molecule has 3 heterocycles. The third-order valence-electron chi connectivity index (χ3n) is 9.90. The Kier molecular flexibility index (Phi) is 16.9. The molecule has 3 unspecified atom stereocenters. The average Bonchev–Trinajstić information content (AvgIpc) is 3.91. The van der Waals surface area contributed by atoms with Crippen LogP contribution in [-0.4, -0.2) is 107 Å². The molecule has 0 bridgehead atoms. The minimum Gasteiger partial charge on any atom is -0.444 e. The number of urea groups is 1. The smallest absolute Gasteiger partial charge is 0.444 e. The van der Waals surface area contributed by atoms with Gasteiger partial charge in [-0.1, -0.05) is 74.5 Å². The van der Waals surface area contributed by atoms with E-state index in [1.165, 1.54) is 27.6 Å². The van der Waals surface area contributed by atoms with Crippen molar-refractivity contribution >= 4 is 40.7 Å². The summed E-state index contributed by atoms with van der Waals surface area (Å²) >= 11 is 2.93. The van der Waals surface area contributed by atoms with Crippen molar-refractivity contribution in [1.29, 1.82) is 0 Å². The monoisotopic (exact) mass is 842 g/mol. The topological polar surface area (TPSA) is 132 Å². The number of nitrogens with one attached hydrogen (secondary N) is 3. The van der Waals surface area contributed by atoms with Crippen molar-refractivity contribution in [1.82, 2.24) is 40.6 Å². The highest BCUT2D eigenvalue weighted by Gasteiger charge is 2.39. The number of carbonyl (C=O) groups excluding carboxylic acids is 3. The molecule has 4 aromatic rings. The summed E-state index contributed by atoms with van der Waals surface area (Å²) in [5.41, 5.74) is 4.44. The van der Waals surface area contributed by atoms with Gasteiger partial charge in [-0.2, -0.15) is 13.2 Å². The van der Waals surface area contributed by atoms with Crippen LogP contribution in [0.3, 0.4) is 0 Å². The van der Waals surface area contributed by atoms with Gasteiger partial charge >= 0.3 is 18.4 Å². The van der Waals surface area contributed by atoms with Gasteiger partial charge in [0.15, 0.2) is 0 Å². The van der Waals surface area contributed by atoms with Crippen LogP contribution in [0.5, 0.6) is 0 Å². The minimum atomic E-state index is -4.40. The van der Waals surface area contributed by atoms with E-state index in [-0.39, 0.29) is 63.8 Å². The fourth-order valence-electron chi connectivity index (χ4n) is 6.65. The van der Waals surface area contributed by atoms with Gasteiger partial charge in [0, 0.05) is 69.3 Å². The van der Waals surface area contributed by atoms with E-state index in [4.69, 9.17) is 4.74 Å². The molecule has 1 saturated heterocycles. The molecule has 1 aliphatic rings. The summed E-state index contributed by atoms with van der Waals surface area (Å²) < 4.78 is 45.5. The highest BCUT2D eigenvalue weighted by atomic mass is 32.1. The number of amides is 4. The van der Waals surface area contributed by atoms with Crippen molar-refractivity contribution < 1.29 is 32.3 Å². The first-order valence-electron chi connectivity index (χ1n) is 19.5. The van der Waals surface area contributed by atoms with Gasteiger partial charge in [0.1, 0.15) is 12.6 Å². The van der Waals surface area contributed by atoms with Crippen LogP contribution < -0.4 is 16.0 Å². The lowest BCUT2D eigenvalue weighted by Gasteiger charge is -2.36. The van der Waals surface area contributed by atoms with Gasteiger partial charge in [0.05, 0.1) is 27.6 Å². The summed E-state index contributed by atoms with van der Waals surface area (Å²) in [7, 11) is 1.63. The Hall–Kier alpha value is -4.58. The van der Waals surface area contributed by atoms with Gasteiger partial charge in [-0.05, 0) is 43.2 Å². The van der Waals surface area contributed by atoms with Crippen molar-refractivity contribution in [2.75, 3.05) is 39.8 Å². The Morgan fingerprint density at radius 1 is 0.862 bits per heavy atom. The highest BCUT2D eigenvalue weighted by molar-refractivity contribution is 7.09. The first kappa shape index (κ1) is 44.5. The number of benzene rings is 2. The molecule has 1 aliphatic heterocycles. The third-order valence-corrected chi connectivity index (χ3v) is 11.8. The molecular formula is C41H53F3N8O4S2. The van der Waals surface area contributed by atoms with Crippen LogP contribution in [-0.2, 0) is 35.5 Å². The summed E-state index contributed by atoms with van der Waals surface area (Å²) in [4.78, 5) is 54.2. The van der Waals surface area contributed by atoms with Crippen LogP contribution in [0.2, 0.25) is 0 Å². The van der Waals surface area contributed by atoms with Crippen LogP contribution >= 0.6 is 22.7 Å². The van der Waals surface area contributed by atoms with E-state index in [9.17, 15) is 27.6 Å². The van der Waals surface area contributed by atoms with Crippen molar-refractivity contribution in [2.45, 2.75) is 89.4 Å². The summed E-state index contributed by atoms with van der Waals surface area (Å²) in [6, 6.07) is 17.4. The molecule has 0 saturated carbocycles. The SMILES string of the molecule is CC(C)c1nc(CN(C)C(=O)NC(CCN2CCN(C(F)(F)F)CC2)C(=O)NC(CCC(Cc2ccccc2)NC(=O)OCc2cncs2)Cc2ccccc2)cs1. The standard InChI is InChI=1S/C41H53F3N8O4S2/c1-29(2)38-47-34(27-57-38)25-50(3)39(54)49-36(16-17-51-18-20-52(21-19-51)41(42,43)44)37(53)46-32(22-30-10-6-4-7-11-30)14-15-33(23-31-12-8-5-9-13-31)48-40(55)56-26-35-24-45-28-58-35/h4-13,24,27-29,32-33,36H,14-23,25-26H2,1-3H3,(H,46,53)(H,48,55)(H,49,54). The molecule has 12 nitrogen and oxygen atoms in total. The summed E-state index contributed by atoms with van der Waals surface area (Å²) in [6.45, 7) is 4.78. The van der Waals surface area contributed by atoms with E-state index in [0.29, 0.717) is 37.1 Å². The molecule has 58 heavy (non-hydrogen) atoms. The molecule has 314 valence electrons. The van der Waals surface area contributed by atoms with Crippen molar-refractivity contribution in [2.24, 2.45) is 0 Å². The van der Waals surface area contributed by atoms with E-state index in [1.54, 1.807) is 18.8 Å². The molecule has 2 aromatic heterocycles. The minimum absolute atomic E-state index is 0.102. The predicted octanol–water partition coefficient (Wildman–Crippen LogP) is 6.81. The van der Waals surface area contributed by atoms with Crippen molar-refractivity contribution in [3.05, 3.63) is 104 Å². The Labute approximate surface area is 346 Å². The van der Waals surface area contributed by atoms with Gasteiger partial charge in [-0.15, -0.1) is 22.7 Å². The molecule has 2 aromatic carbocycles. The maximum Gasteiger partial charge on any atom is 0.460 e. The van der Waals surface area contributed by atoms with Crippen LogP contribution in [0.4, 0.5) is 22.8 Å². The number of nitrogens with zero attached hydrogens (tertiary/aromatic N) is 5. The number of ether oxygens (including phenoxy) is 1. The van der Waals surface area contributed by atoms with Crippen molar-refractivity contribution in [3.8, 4) is 0 Å². The molecule has 1 fully saturated rings. The largest absolute Gasteiger partial charge is 0.460 e. The molecule has 5 rings (SSSR count). The molecule has 3 N–H and O–H groups in total. The van der Waals surface area contributed by atoms with Gasteiger partial charge in [-0.25, -0.2) is 19.5 Å². The zero-order chi connectivity index (χ0) is 41.5. The number of hydrogen-bond acceptors (Lipinski definition) is 10. The van der Waals surface area contributed by atoms with Crippen molar-refractivity contribution in [3.63, 3.8) is 0 Å². The van der Waals surface area contributed by atoms with E-state index >= 15 is 0 Å². The number of aromatic nitrogens is 2. The summed E-state index contributed by atoms with van der Waals surface area (Å²) in [6.07, 6.45) is -1.11. The molecule has 0 spiro atoms. The molecule has 0 radical (unpaired) electrons. The summed E-state index contributed by atoms with van der Waals surface area (Å²) in [5.74, 6) is -0.149. The number of halogens is 3. The van der Waals surface area contributed by atoms with E-state index in [1.807, 2.05) is 70.9 Å². The van der Waals surface area contributed by atoms with E-state index in [2.05, 4.69) is 39.8 Å². The Balaban J connectivity index is 1.29. The lowest BCUT2D eigenvalue weighted by atomic mass is 9.95. The maximum absolute atomic E-state index is 14.3. The first-order chi connectivity index (χ1) is 27.8. The average molecular weight is 843 g/mol. The van der Waals surface area contributed by atoms with Crippen LogP contribution in [0.25, 0.3) is 0 Å². The molecule has 0 aliphatic carbocycles. The first-order valence-corrected chi connectivity index (χ1v) is 21.3. The number of piperazine rings is 1. The Bertz CT molecular complexity index is 1840. The zero-order valence-corrected chi connectivity index (χ0v) is 34.8. The van der Waals surface area contributed by atoms with Gasteiger partial charge < -0.3 is 30.5 Å². The maximum atomic E-state index is 14.3. The highest BCUT2D eigenvalue weighted by Crippen LogP contribution is 2.23. The predicted molar refractivity (Wildman–Crippen MR) is 219 cm³/mol. The van der Waals surface area contributed by atoms with Crippen LogP contribution in [0.1, 0.15) is 65.7 Å². The number of hydrogen-bond donors (Lipinski definition) is 3. The molecule has 4 amide bonds. The normalized spacial score (nSPS) is 15.4. The third kappa shape index (κ3) is 14.7. The second-order valence-corrected chi connectivity index (χ2v) is 16.7.